The Balaban J connectivity index is 1.36. The molecule has 0 atom stereocenters. The van der Waals surface area contributed by atoms with Crippen LogP contribution in [0.2, 0.25) is 0 Å². The molecule has 0 unspecified atom stereocenters. The first kappa shape index (κ1) is 25.8. The summed E-state index contributed by atoms with van der Waals surface area (Å²) in [6.07, 6.45) is 6.87. The van der Waals surface area contributed by atoms with E-state index in [9.17, 15) is 0 Å². The molecular formula is C42H29N3. The Morgan fingerprint density at radius 2 is 0.933 bits per heavy atom. The molecule has 2 aliphatic carbocycles. The molecule has 1 heterocycles. The highest BCUT2D eigenvalue weighted by Crippen LogP contribution is 2.44. The van der Waals surface area contributed by atoms with E-state index in [1.807, 2.05) is 36.4 Å². The number of fused-ring (bicyclic) bond motifs is 8. The van der Waals surface area contributed by atoms with Crippen molar-refractivity contribution in [3.63, 3.8) is 0 Å². The largest absolute Gasteiger partial charge is 0.208 e. The first-order valence-electron chi connectivity index (χ1n) is 15.5. The van der Waals surface area contributed by atoms with Gasteiger partial charge in [0.25, 0.3) is 0 Å². The van der Waals surface area contributed by atoms with Crippen molar-refractivity contribution < 1.29 is 0 Å². The lowest BCUT2D eigenvalue weighted by atomic mass is 9.75. The maximum atomic E-state index is 5.10. The lowest BCUT2D eigenvalue weighted by Gasteiger charge is -2.29. The fraction of sp³-hybridized carbons (Fsp3) is 0.0714. The Kier molecular flexibility index (Phi) is 5.54. The molecule has 7 aromatic rings. The summed E-state index contributed by atoms with van der Waals surface area (Å²) in [5.74, 6) is 2.03. The van der Waals surface area contributed by atoms with E-state index in [0.29, 0.717) is 17.5 Å². The third-order valence-electron chi connectivity index (χ3n) is 9.29. The molecule has 0 N–H and O–H groups in total. The highest BCUT2D eigenvalue weighted by Gasteiger charge is 2.32. The van der Waals surface area contributed by atoms with Crippen LogP contribution in [0.4, 0.5) is 0 Å². The zero-order valence-electron chi connectivity index (χ0n) is 25.1. The summed E-state index contributed by atoms with van der Waals surface area (Å²) in [5, 5.41) is 10.2. The van der Waals surface area contributed by atoms with E-state index in [0.717, 1.165) is 16.7 Å². The van der Waals surface area contributed by atoms with Crippen molar-refractivity contribution in [3.05, 3.63) is 155 Å². The van der Waals surface area contributed by atoms with Crippen LogP contribution < -0.4 is 10.4 Å². The highest BCUT2D eigenvalue weighted by atomic mass is 15.0. The van der Waals surface area contributed by atoms with Crippen LogP contribution in [0.5, 0.6) is 0 Å². The van der Waals surface area contributed by atoms with Gasteiger partial charge in [-0.15, -0.1) is 0 Å². The van der Waals surface area contributed by atoms with Gasteiger partial charge < -0.3 is 0 Å². The number of nitrogens with zero attached hydrogens (tertiary/aromatic N) is 3. The minimum absolute atomic E-state index is 0.168. The number of hydrogen-bond acceptors (Lipinski definition) is 3. The van der Waals surface area contributed by atoms with Crippen LogP contribution in [0, 0.1) is 5.41 Å². The molecule has 1 aromatic heterocycles. The number of aromatic nitrogens is 3. The predicted molar refractivity (Wildman–Crippen MR) is 187 cm³/mol. The Morgan fingerprint density at radius 1 is 0.467 bits per heavy atom. The zero-order valence-corrected chi connectivity index (χ0v) is 25.1. The van der Waals surface area contributed by atoms with Crippen LogP contribution in [0.1, 0.15) is 19.7 Å². The molecule has 6 aromatic carbocycles. The molecule has 3 heteroatoms. The Labute approximate surface area is 261 Å². The third-order valence-corrected chi connectivity index (χ3v) is 9.29. The number of hydrogen-bond donors (Lipinski definition) is 0. The summed E-state index contributed by atoms with van der Waals surface area (Å²) in [5.41, 5.74) is 5.30. The molecule has 0 bridgehead atoms. The van der Waals surface area contributed by atoms with E-state index in [-0.39, 0.29) is 5.41 Å². The van der Waals surface area contributed by atoms with Crippen molar-refractivity contribution in [2.24, 2.45) is 5.41 Å². The summed E-state index contributed by atoms with van der Waals surface area (Å²) in [6, 6.07) is 42.7. The van der Waals surface area contributed by atoms with Gasteiger partial charge in [-0.1, -0.05) is 135 Å². The fourth-order valence-corrected chi connectivity index (χ4v) is 7.17. The monoisotopic (exact) mass is 575 g/mol. The van der Waals surface area contributed by atoms with Crippen LogP contribution >= 0.6 is 0 Å². The lowest BCUT2D eigenvalue weighted by Crippen LogP contribution is -2.28. The van der Waals surface area contributed by atoms with Crippen molar-refractivity contribution in [1.29, 1.82) is 0 Å². The number of benzene rings is 6. The lowest BCUT2D eigenvalue weighted by molar-refractivity contribution is 0.645. The topological polar surface area (TPSA) is 38.7 Å². The van der Waals surface area contributed by atoms with Crippen LogP contribution in [-0.2, 0) is 0 Å². The second kappa shape index (κ2) is 9.67. The smallest absolute Gasteiger partial charge is 0.164 e. The van der Waals surface area contributed by atoms with E-state index >= 15 is 0 Å². The standard InChI is InChI=1S/C42H29N3/c1-42(2)22-21-33(41-44-39(26-13-5-3-6-14-26)43-40(45-41)27-15-7-4-8-16-27)37-24-28-23-35-31-19-11-9-17-29(31)30-18-10-12-20-32(30)36(35)25-34(28)38(37)42/h3-25H,1-2H3. The van der Waals surface area contributed by atoms with Crippen molar-refractivity contribution in [2.75, 3.05) is 0 Å². The molecular weight excluding hydrogens is 546 g/mol. The highest BCUT2D eigenvalue weighted by molar-refractivity contribution is 6.25. The van der Waals surface area contributed by atoms with Crippen LogP contribution in [0.25, 0.3) is 72.3 Å². The Morgan fingerprint density at radius 3 is 1.49 bits per heavy atom. The van der Waals surface area contributed by atoms with Gasteiger partial charge in [0.05, 0.1) is 0 Å². The van der Waals surface area contributed by atoms with Crippen molar-refractivity contribution in [1.82, 2.24) is 15.0 Å². The second-order valence-electron chi connectivity index (χ2n) is 12.5. The van der Waals surface area contributed by atoms with Gasteiger partial charge in [-0.3, -0.25) is 0 Å². The minimum Gasteiger partial charge on any atom is -0.208 e. The van der Waals surface area contributed by atoms with Gasteiger partial charge in [-0.05, 0) is 72.1 Å². The van der Waals surface area contributed by atoms with Gasteiger partial charge in [-0.2, -0.15) is 0 Å². The molecule has 0 fully saturated rings. The molecule has 3 nitrogen and oxygen atoms in total. The summed E-state index contributed by atoms with van der Waals surface area (Å²) in [4.78, 5) is 15.1. The average Bonchev–Trinajstić information content (AvgIpc) is 3.48. The van der Waals surface area contributed by atoms with Crippen LogP contribution in [0.15, 0.2) is 139 Å². The zero-order chi connectivity index (χ0) is 30.1. The molecule has 2 aliphatic rings. The minimum atomic E-state index is -0.168. The van der Waals surface area contributed by atoms with E-state index in [1.54, 1.807) is 0 Å². The molecule has 212 valence electrons. The SMILES string of the molecule is CC1(C)C=CC(c2nc(-c3ccccc3)nc(-c3ccccc3)n2)=C2C=c3cc4c5ccccc5c5ccccc5c4cc3=C21. The molecule has 0 aliphatic heterocycles. The Hall–Kier alpha value is -5.67. The summed E-state index contributed by atoms with van der Waals surface area (Å²) >= 11 is 0. The molecule has 0 saturated carbocycles. The fourth-order valence-electron chi connectivity index (χ4n) is 7.17. The Bertz CT molecular complexity index is 2480. The molecule has 0 amide bonds. The quantitative estimate of drug-likeness (QED) is 0.198. The van der Waals surface area contributed by atoms with Crippen LogP contribution in [-0.4, -0.2) is 15.0 Å². The summed E-state index contributed by atoms with van der Waals surface area (Å²) in [6.45, 7) is 4.61. The molecule has 45 heavy (non-hydrogen) atoms. The second-order valence-corrected chi connectivity index (χ2v) is 12.5. The summed E-state index contributed by atoms with van der Waals surface area (Å²) < 4.78 is 0. The van der Waals surface area contributed by atoms with E-state index in [2.05, 4.69) is 117 Å². The van der Waals surface area contributed by atoms with E-state index < -0.39 is 0 Å². The van der Waals surface area contributed by atoms with Gasteiger partial charge >= 0.3 is 0 Å². The van der Waals surface area contributed by atoms with Gasteiger partial charge in [-0.25, -0.2) is 15.0 Å². The molecule has 0 spiro atoms. The number of allylic oxidation sites excluding steroid dienone is 4. The number of rotatable bonds is 3. The third kappa shape index (κ3) is 4.01. The average molecular weight is 576 g/mol. The van der Waals surface area contributed by atoms with E-state index in [1.165, 1.54) is 53.9 Å². The molecule has 9 rings (SSSR count). The first-order chi connectivity index (χ1) is 22.0. The van der Waals surface area contributed by atoms with Crippen molar-refractivity contribution in [3.8, 4) is 22.8 Å². The predicted octanol–water partition coefficient (Wildman–Crippen LogP) is 8.66. The van der Waals surface area contributed by atoms with Gasteiger partial charge in [0.15, 0.2) is 17.5 Å². The van der Waals surface area contributed by atoms with Crippen LogP contribution in [0.3, 0.4) is 0 Å². The van der Waals surface area contributed by atoms with Gasteiger partial charge in [0, 0.05) is 22.1 Å². The molecule has 0 saturated heterocycles. The van der Waals surface area contributed by atoms with E-state index in [4.69, 9.17) is 15.0 Å². The molecule has 0 radical (unpaired) electrons. The van der Waals surface area contributed by atoms with Crippen molar-refractivity contribution >= 4 is 49.5 Å². The first-order valence-corrected chi connectivity index (χ1v) is 15.5. The van der Waals surface area contributed by atoms with Crippen molar-refractivity contribution in [2.45, 2.75) is 13.8 Å². The normalized spacial score (nSPS) is 15.0. The summed E-state index contributed by atoms with van der Waals surface area (Å²) in [7, 11) is 0. The maximum Gasteiger partial charge on any atom is 0.164 e. The van der Waals surface area contributed by atoms with Gasteiger partial charge in [0.1, 0.15) is 0 Å². The van der Waals surface area contributed by atoms with Gasteiger partial charge in [0.2, 0.25) is 0 Å². The maximum absolute atomic E-state index is 5.10.